The van der Waals surface area contributed by atoms with E-state index in [1.807, 2.05) is 0 Å². The van der Waals surface area contributed by atoms with Crippen molar-refractivity contribution in [1.82, 2.24) is 4.90 Å². The molecule has 6 nitrogen and oxygen atoms in total. The van der Waals surface area contributed by atoms with Crippen molar-refractivity contribution in [2.24, 2.45) is 5.73 Å². The Morgan fingerprint density at radius 1 is 1.43 bits per heavy atom. The zero-order chi connectivity index (χ0) is 10.7. The third kappa shape index (κ3) is 1.85. The van der Waals surface area contributed by atoms with Gasteiger partial charge in [-0.15, -0.1) is 0 Å². The van der Waals surface area contributed by atoms with E-state index in [1.54, 1.807) is 26.2 Å². The molecule has 76 valence electrons. The summed E-state index contributed by atoms with van der Waals surface area (Å²) in [6.45, 7) is 0. The highest BCUT2D eigenvalue weighted by Gasteiger charge is 2.14. The van der Waals surface area contributed by atoms with E-state index >= 15 is 0 Å². The predicted molar refractivity (Wildman–Crippen MR) is 54.5 cm³/mol. The number of anilines is 1. The smallest absolute Gasteiger partial charge is 0.207 e. The predicted octanol–water partition coefficient (Wildman–Crippen LogP) is 0.476. The van der Waals surface area contributed by atoms with Gasteiger partial charge in [0.25, 0.3) is 0 Å². The Kier molecular flexibility index (Phi) is 2.76. The van der Waals surface area contributed by atoms with Crippen molar-refractivity contribution in [3.05, 3.63) is 18.4 Å². The molecule has 0 aliphatic rings. The minimum atomic E-state index is -0.187. The summed E-state index contributed by atoms with van der Waals surface area (Å²) < 4.78 is 5.09. The molecule has 0 spiro atoms. The van der Waals surface area contributed by atoms with Crippen LogP contribution in [0.25, 0.3) is 0 Å². The highest BCUT2D eigenvalue weighted by atomic mass is 16.3. The molecule has 0 saturated heterocycles. The number of nitrogens with two attached hydrogens (primary N) is 1. The van der Waals surface area contributed by atoms with Gasteiger partial charge >= 0.3 is 0 Å². The number of nitrogens with zero attached hydrogens (tertiary/aromatic N) is 2. The van der Waals surface area contributed by atoms with Gasteiger partial charge in [-0.05, 0) is 6.07 Å². The second kappa shape index (κ2) is 3.82. The molecule has 0 unspecified atom stereocenters. The van der Waals surface area contributed by atoms with Gasteiger partial charge in [0.15, 0.2) is 5.96 Å². The number of hydrogen-bond donors (Lipinski definition) is 3. The SMILES string of the molecule is CN(C(=N)N)C(=N)N(C)c1ccco1. The second-order valence-electron chi connectivity index (χ2n) is 2.78. The molecule has 0 radical (unpaired) electrons. The molecule has 4 N–H and O–H groups in total. The fraction of sp³-hybridized carbons (Fsp3) is 0.250. The van der Waals surface area contributed by atoms with Crippen molar-refractivity contribution >= 4 is 17.8 Å². The maximum absolute atomic E-state index is 7.68. The number of rotatable bonds is 1. The molecule has 14 heavy (non-hydrogen) atoms. The Hall–Kier alpha value is -1.98. The first-order chi connectivity index (χ1) is 6.54. The summed E-state index contributed by atoms with van der Waals surface area (Å²) in [7, 11) is 3.21. The topological polar surface area (TPSA) is 93.3 Å². The molecule has 0 amide bonds. The summed E-state index contributed by atoms with van der Waals surface area (Å²) in [6.07, 6.45) is 1.52. The fourth-order valence-corrected chi connectivity index (χ4v) is 0.904. The Morgan fingerprint density at radius 2 is 2.07 bits per heavy atom. The van der Waals surface area contributed by atoms with E-state index in [4.69, 9.17) is 21.0 Å². The van der Waals surface area contributed by atoms with Crippen LogP contribution in [-0.4, -0.2) is 30.9 Å². The average molecular weight is 195 g/mol. The molecule has 0 fully saturated rings. The summed E-state index contributed by atoms with van der Waals surface area (Å²) in [5, 5.41) is 14.8. The first kappa shape index (κ1) is 10.1. The monoisotopic (exact) mass is 195 g/mol. The lowest BCUT2D eigenvalue weighted by Gasteiger charge is -2.24. The van der Waals surface area contributed by atoms with Crippen LogP contribution in [0.3, 0.4) is 0 Å². The molecule has 0 saturated carbocycles. The summed E-state index contributed by atoms with van der Waals surface area (Å²) in [5.41, 5.74) is 5.24. The first-order valence-electron chi connectivity index (χ1n) is 3.97. The molecule has 0 aliphatic heterocycles. The van der Waals surface area contributed by atoms with E-state index in [2.05, 4.69) is 0 Å². The van der Waals surface area contributed by atoms with Crippen LogP contribution in [0.1, 0.15) is 0 Å². The molecule has 0 aliphatic carbocycles. The Labute approximate surface area is 81.9 Å². The van der Waals surface area contributed by atoms with Crippen LogP contribution in [0.4, 0.5) is 5.88 Å². The maximum Gasteiger partial charge on any atom is 0.207 e. The third-order valence-corrected chi connectivity index (χ3v) is 1.83. The Bertz CT molecular complexity index is 332. The summed E-state index contributed by atoms with van der Waals surface area (Å²) in [4.78, 5) is 2.73. The van der Waals surface area contributed by atoms with Crippen LogP contribution < -0.4 is 10.6 Å². The largest absolute Gasteiger partial charge is 0.448 e. The lowest BCUT2D eigenvalue weighted by Crippen LogP contribution is -2.45. The number of nitrogens with one attached hydrogen (secondary N) is 2. The summed E-state index contributed by atoms with van der Waals surface area (Å²) in [5.74, 6) is 0.420. The highest BCUT2D eigenvalue weighted by Crippen LogP contribution is 2.12. The van der Waals surface area contributed by atoms with E-state index in [-0.39, 0.29) is 11.9 Å². The third-order valence-electron chi connectivity index (χ3n) is 1.83. The van der Waals surface area contributed by atoms with Crippen LogP contribution in [0.5, 0.6) is 0 Å². The molecular weight excluding hydrogens is 182 g/mol. The summed E-state index contributed by atoms with van der Waals surface area (Å²) in [6, 6.07) is 3.45. The normalized spacial score (nSPS) is 9.57. The van der Waals surface area contributed by atoms with E-state index < -0.39 is 0 Å². The highest BCUT2D eigenvalue weighted by molar-refractivity contribution is 6.02. The molecule has 0 aromatic carbocycles. The average Bonchev–Trinajstić information content (AvgIpc) is 2.67. The van der Waals surface area contributed by atoms with Gasteiger partial charge in [0.1, 0.15) is 0 Å². The molecule has 1 aromatic rings. The number of furan rings is 1. The summed E-state index contributed by atoms with van der Waals surface area (Å²) >= 11 is 0. The van der Waals surface area contributed by atoms with Crippen LogP contribution in [0.15, 0.2) is 22.8 Å². The van der Waals surface area contributed by atoms with Gasteiger partial charge in [-0.1, -0.05) is 0 Å². The standard InChI is InChI=1S/C8H13N5O/c1-12(6-4-3-5-14-6)8(11)13(2)7(9)10/h3-5,11H,1-2H3,(H3,9,10). The molecule has 1 rings (SSSR count). The molecule has 6 heteroatoms. The minimum absolute atomic E-state index is 0.0763. The van der Waals surface area contributed by atoms with Gasteiger partial charge in [-0.3, -0.25) is 20.6 Å². The van der Waals surface area contributed by atoms with Gasteiger partial charge in [-0.25, -0.2) is 0 Å². The molecule has 0 bridgehead atoms. The van der Waals surface area contributed by atoms with Gasteiger partial charge in [0.05, 0.1) is 6.26 Å². The molecule has 1 aromatic heterocycles. The lowest BCUT2D eigenvalue weighted by atomic mass is 10.5. The lowest BCUT2D eigenvalue weighted by molar-refractivity contribution is 0.564. The van der Waals surface area contributed by atoms with Crippen molar-refractivity contribution < 1.29 is 4.42 Å². The van der Waals surface area contributed by atoms with Gasteiger partial charge in [-0.2, -0.15) is 0 Å². The Morgan fingerprint density at radius 3 is 2.50 bits per heavy atom. The van der Waals surface area contributed by atoms with Crippen molar-refractivity contribution in [1.29, 1.82) is 10.8 Å². The quantitative estimate of drug-likeness (QED) is 0.448. The fourth-order valence-electron chi connectivity index (χ4n) is 0.904. The van der Waals surface area contributed by atoms with E-state index in [1.165, 1.54) is 16.1 Å². The van der Waals surface area contributed by atoms with Crippen LogP contribution >= 0.6 is 0 Å². The van der Waals surface area contributed by atoms with Crippen LogP contribution in [0.2, 0.25) is 0 Å². The van der Waals surface area contributed by atoms with Crippen molar-refractivity contribution in [3.8, 4) is 0 Å². The van der Waals surface area contributed by atoms with Crippen LogP contribution in [-0.2, 0) is 0 Å². The molecule has 0 atom stereocenters. The first-order valence-corrected chi connectivity index (χ1v) is 3.97. The molecular formula is C8H13N5O. The Balaban J connectivity index is 2.76. The van der Waals surface area contributed by atoms with Gasteiger partial charge in [0.2, 0.25) is 11.8 Å². The zero-order valence-electron chi connectivity index (χ0n) is 8.11. The van der Waals surface area contributed by atoms with Gasteiger partial charge in [0, 0.05) is 20.2 Å². The minimum Gasteiger partial charge on any atom is -0.448 e. The maximum atomic E-state index is 7.68. The number of hydrogen-bond acceptors (Lipinski definition) is 3. The zero-order valence-corrected chi connectivity index (χ0v) is 8.11. The van der Waals surface area contributed by atoms with E-state index in [0.717, 1.165) is 0 Å². The van der Waals surface area contributed by atoms with Gasteiger partial charge < -0.3 is 10.2 Å². The van der Waals surface area contributed by atoms with Crippen molar-refractivity contribution in [2.45, 2.75) is 0 Å². The van der Waals surface area contributed by atoms with Crippen LogP contribution in [0, 0.1) is 10.8 Å². The van der Waals surface area contributed by atoms with E-state index in [9.17, 15) is 0 Å². The van der Waals surface area contributed by atoms with E-state index in [0.29, 0.717) is 5.88 Å². The second-order valence-corrected chi connectivity index (χ2v) is 2.78. The van der Waals surface area contributed by atoms with Crippen molar-refractivity contribution in [3.63, 3.8) is 0 Å². The van der Waals surface area contributed by atoms with Crippen molar-refractivity contribution in [2.75, 3.05) is 19.0 Å². The number of guanidine groups is 2. The molecule has 1 heterocycles.